The van der Waals surface area contributed by atoms with Crippen molar-refractivity contribution in [2.45, 2.75) is 51.5 Å². The summed E-state index contributed by atoms with van der Waals surface area (Å²) in [6.45, 7) is 7.47. The first-order valence-electron chi connectivity index (χ1n) is 6.80. The highest BCUT2D eigenvalue weighted by Crippen LogP contribution is 2.24. The fraction of sp³-hybridized carbons (Fsp3) is 1.00. The quantitative estimate of drug-likeness (QED) is 0.752. The van der Waals surface area contributed by atoms with E-state index >= 15 is 0 Å². The first-order valence-corrected chi connectivity index (χ1v) is 6.80. The van der Waals surface area contributed by atoms with Crippen molar-refractivity contribution in [3.63, 3.8) is 0 Å². The summed E-state index contributed by atoms with van der Waals surface area (Å²) in [7, 11) is 0. The molecule has 0 amide bonds. The molecule has 1 heterocycles. The van der Waals surface area contributed by atoms with Crippen molar-refractivity contribution in [1.29, 1.82) is 0 Å². The zero-order valence-electron chi connectivity index (χ0n) is 10.2. The molecule has 0 bridgehead atoms. The normalized spacial score (nSPS) is 31.4. The summed E-state index contributed by atoms with van der Waals surface area (Å²) in [5.74, 6) is 1.00. The van der Waals surface area contributed by atoms with E-state index in [1.807, 2.05) is 0 Å². The molecule has 1 saturated heterocycles. The third-order valence-electron chi connectivity index (χ3n) is 3.92. The van der Waals surface area contributed by atoms with Crippen molar-refractivity contribution < 1.29 is 0 Å². The molecular weight excluding hydrogens is 184 g/mol. The lowest BCUT2D eigenvalue weighted by Gasteiger charge is -2.29. The maximum atomic E-state index is 3.57. The van der Waals surface area contributed by atoms with Crippen LogP contribution in [0.15, 0.2) is 0 Å². The lowest BCUT2D eigenvalue weighted by molar-refractivity contribution is 0.200. The van der Waals surface area contributed by atoms with Gasteiger partial charge in [0.15, 0.2) is 0 Å². The van der Waals surface area contributed by atoms with Crippen LogP contribution in [0, 0.1) is 5.92 Å². The number of hydrogen-bond acceptors (Lipinski definition) is 2. The molecule has 0 aromatic carbocycles. The van der Waals surface area contributed by atoms with Crippen LogP contribution in [0.25, 0.3) is 0 Å². The highest BCUT2D eigenvalue weighted by molar-refractivity contribution is 4.76. The van der Waals surface area contributed by atoms with Crippen molar-refractivity contribution in [2.24, 2.45) is 5.92 Å². The van der Waals surface area contributed by atoms with Gasteiger partial charge >= 0.3 is 0 Å². The van der Waals surface area contributed by atoms with Gasteiger partial charge in [0.2, 0.25) is 0 Å². The SMILES string of the molecule is CC1CN(CC2CCCCC2)CCCN1. The Balaban J connectivity index is 1.76. The van der Waals surface area contributed by atoms with Crippen molar-refractivity contribution in [1.82, 2.24) is 10.2 Å². The largest absolute Gasteiger partial charge is 0.313 e. The van der Waals surface area contributed by atoms with Gasteiger partial charge in [-0.25, -0.2) is 0 Å². The van der Waals surface area contributed by atoms with Crippen LogP contribution in [0.1, 0.15) is 45.4 Å². The van der Waals surface area contributed by atoms with E-state index in [0.717, 1.165) is 5.92 Å². The first-order chi connectivity index (χ1) is 7.34. The van der Waals surface area contributed by atoms with Gasteiger partial charge in [-0.3, -0.25) is 0 Å². The number of rotatable bonds is 2. The minimum atomic E-state index is 0.691. The zero-order valence-corrected chi connectivity index (χ0v) is 10.2. The van der Waals surface area contributed by atoms with Crippen LogP contribution in [0.5, 0.6) is 0 Å². The van der Waals surface area contributed by atoms with Crippen molar-refractivity contribution >= 4 is 0 Å². The Morgan fingerprint density at radius 3 is 2.73 bits per heavy atom. The molecule has 2 fully saturated rings. The molecule has 1 aliphatic carbocycles. The average Bonchev–Trinajstić information content (AvgIpc) is 2.44. The minimum absolute atomic E-state index is 0.691. The summed E-state index contributed by atoms with van der Waals surface area (Å²) >= 11 is 0. The number of nitrogens with zero attached hydrogens (tertiary/aromatic N) is 1. The lowest BCUT2D eigenvalue weighted by atomic mass is 9.89. The number of nitrogens with one attached hydrogen (secondary N) is 1. The van der Waals surface area contributed by atoms with Gasteiger partial charge in [0.05, 0.1) is 0 Å². The second kappa shape index (κ2) is 5.86. The summed E-state index contributed by atoms with van der Waals surface area (Å²) in [5, 5.41) is 3.57. The Morgan fingerprint density at radius 1 is 1.13 bits per heavy atom. The summed E-state index contributed by atoms with van der Waals surface area (Å²) in [6.07, 6.45) is 8.74. The van der Waals surface area contributed by atoms with Crippen LogP contribution in [0.3, 0.4) is 0 Å². The molecule has 2 rings (SSSR count). The monoisotopic (exact) mass is 210 g/mol. The molecule has 1 aliphatic heterocycles. The van der Waals surface area contributed by atoms with E-state index in [9.17, 15) is 0 Å². The average molecular weight is 210 g/mol. The maximum absolute atomic E-state index is 3.57. The van der Waals surface area contributed by atoms with Crippen LogP contribution in [-0.2, 0) is 0 Å². The molecule has 2 nitrogen and oxygen atoms in total. The summed E-state index contributed by atoms with van der Waals surface area (Å²) in [4.78, 5) is 2.70. The second-order valence-corrected chi connectivity index (χ2v) is 5.47. The van der Waals surface area contributed by atoms with E-state index in [4.69, 9.17) is 0 Å². The Kier molecular flexibility index (Phi) is 4.45. The van der Waals surface area contributed by atoms with E-state index in [1.165, 1.54) is 64.7 Å². The summed E-state index contributed by atoms with van der Waals surface area (Å²) in [5.41, 5.74) is 0. The Morgan fingerprint density at radius 2 is 1.93 bits per heavy atom. The molecule has 88 valence electrons. The number of hydrogen-bond donors (Lipinski definition) is 1. The van der Waals surface area contributed by atoms with Gasteiger partial charge in [0.1, 0.15) is 0 Å². The van der Waals surface area contributed by atoms with Gasteiger partial charge in [0.25, 0.3) is 0 Å². The van der Waals surface area contributed by atoms with E-state index in [-0.39, 0.29) is 0 Å². The van der Waals surface area contributed by atoms with Crippen LogP contribution in [0.2, 0.25) is 0 Å². The fourth-order valence-corrected chi connectivity index (χ4v) is 3.09. The molecular formula is C13H26N2. The fourth-order valence-electron chi connectivity index (χ4n) is 3.09. The molecule has 15 heavy (non-hydrogen) atoms. The standard InChI is InChI=1S/C13H26N2/c1-12-10-15(9-5-8-14-12)11-13-6-3-2-4-7-13/h12-14H,2-11H2,1H3. The topological polar surface area (TPSA) is 15.3 Å². The Labute approximate surface area is 94.4 Å². The minimum Gasteiger partial charge on any atom is -0.313 e. The molecule has 1 atom stereocenters. The highest BCUT2D eigenvalue weighted by Gasteiger charge is 2.19. The van der Waals surface area contributed by atoms with E-state index < -0.39 is 0 Å². The van der Waals surface area contributed by atoms with Crippen LogP contribution < -0.4 is 5.32 Å². The molecule has 2 heteroatoms. The molecule has 0 radical (unpaired) electrons. The van der Waals surface area contributed by atoms with Crippen LogP contribution in [-0.4, -0.2) is 37.1 Å². The first kappa shape index (κ1) is 11.4. The van der Waals surface area contributed by atoms with Gasteiger partial charge < -0.3 is 10.2 Å². The third-order valence-corrected chi connectivity index (χ3v) is 3.92. The Bertz CT molecular complexity index is 175. The zero-order chi connectivity index (χ0) is 10.5. The van der Waals surface area contributed by atoms with E-state index in [0.29, 0.717) is 6.04 Å². The van der Waals surface area contributed by atoms with Gasteiger partial charge in [-0.1, -0.05) is 19.3 Å². The van der Waals surface area contributed by atoms with Gasteiger partial charge in [0, 0.05) is 19.1 Å². The molecule has 0 spiro atoms. The molecule has 1 N–H and O–H groups in total. The molecule has 0 aromatic rings. The molecule has 1 unspecified atom stereocenters. The molecule has 2 aliphatic rings. The van der Waals surface area contributed by atoms with E-state index in [1.54, 1.807) is 0 Å². The maximum Gasteiger partial charge on any atom is 0.0166 e. The summed E-state index contributed by atoms with van der Waals surface area (Å²) < 4.78 is 0. The molecule has 0 aromatic heterocycles. The van der Waals surface area contributed by atoms with Gasteiger partial charge in [-0.05, 0) is 45.2 Å². The lowest BCUT2D eigenvalue weighted by Crippen LogP contribution is -2.38. The van der Waals surface area contributed by atoms with Crippen molar-refractivity contribution in [3.05, 3.63) is 0 Å². The third kappa shape index (κ3) is 3.76. The highest BCUT2D eigenvalue weighted by atomic mass is 15.2. The predicted molar refractivity (Wildman–Crippen MR) is 65.1 cm³/mol. The Hall–Kier alpha value is -0.0800. The second-order valence-electron chi connectivity index (χ2n) is 5.47. The van der Waals surface area contributed by atoms with Gasteiger partial charge in [-0.2, -0.15) is 0 Å². The van der Waals surface area contributed by atoms with Crippen LogP contribution in [0.4, 0.5) is 0 Å². The van der Waals surface area contributed by atoms with Crippen molar-refractivity contribution in [3.8, 4) is 0 Å². The smallest absolute Gasteiger partial charge is 0.0166 e. The van der Waals surface area contributed by atoms with Crippen LogP contribution >= 0.6 is 0 Å². The van der Waals surface area contributed by atoms with Crippen molar-refractivity contribution in [2.75, 3.05) is 26.2 Å². The van der Waals surface area contributed by atoms with E-state index in [2.05, 4.69) is 17.1 Å². The summed E-state index contributed by atoms with van der Waals surface area (Å²) in [6, 6.07) is 0.691. The van der Waals surface area contributed by atoms with Gasteiger partial charge in [-0.15, -0.1) is 0 Å². The predicted octanol–water partition coefficient (Wildman–Crippen LogP) is 2.25. The molecule has 1 saturated carbocycles.